The minimum absolute atomic E-state index is 0.0214. The van der Waals surface area contributed by atoms with Crippen molar-refractivity contribution in [3.8, 4) is 0 Å². The molecule has 424 valence electrons. The van der Waals surface area contributed by atoms with Gasteiger partial charge in [-0.1, -0.05) is 288 Å². The molecule has 0 aliphatic heterocycles. The Morgan fingerprint density at radius 1 is 0.389 bits per heavy atom. The number of allylic oxidation sites excluding steroid dienone is 6. The maximum Gasteiger partial charge on any atom is 0.305 e. The number of hydrogen-bond acceptors (Lipinski definition) is 5. The summed E-state index contributed by atoms with van der Waals surface area (Å²) in [6.07, 6.45) is 77.3. The highest BCUT2D eigenvalue weighted by molar-refractivity contribution is 5.76. The van der Waals surface area contributed by atoms with E-state index in [1.807, 2.05) is 0 Å². The van der Waals surface area contributed by atoms with E-state index >= 15 is 0 Å². The molecule has 0 fully saturated rings. The first-order chi connectivity index (χ1) is 35.5. The van der Waals surface area contributed by atoms with Gasteiger partial charge in [-0.2, -0.15) is 0 Å². The second kappa shape index (κ2) is 61.6. The van der Waals surface area contributed by atoms with Gasteiger partial charge >= 0.3 is 5.97 Å². The van der Waals surface area contributed by atoms with Crippen LogP contribution in [0.1, 0.15) is 348 Å². The number of rotatable bonds is 60. The summed E-state index contributed by atoms with van der Waals surface area (Å²) in [5.41, 5.74) is 0. The lowest BCUT2D eigenvalue weighted by Crippen LogP contribution is -2.45. The highest BCUT2D eigenvalue weighted by Crippen LogP contribution is 2.18. The summed E-state index contributed by atoms with van der Waals surface area (Å²) in [5.74, 6) is -0.0634. The van der Waals surface area contributed by atoms with Crippen molar-refractivity contribution in [1.29, 1.82) is 0 Å². The lowest BCUT2D eigenvalue weighted by molar-refractivity contribution is -0.143. The molecule has 6 heteroatoms. The zero-order valence-electron chi connectivity index (χ0n) is 48.4. The van der Waals surface area contributed by atoms with Gasteiger partial charge in [0.05, 0.1) is 25.4 Å². The van der Waals surface area contributed by atoms with Crippen molar-refractivity contribution in [2.75, 3.05) is 13.2 Å². The van der Waals surface area contributed by atoms with E-state index in [1.54, 1.807) is 0 Å². The summed E-state index contributed by atoms with van der Waals surface area (Å²) in [6, 6.07) is -0.551. The van der Waals surface area contributed by atoms with Crippen molar-refractivity contribution < 1.29 is 24.5 Å². The number of nitrogens with one attached hydrogen (secondary N) is 1. The van der Waals surface area contributed by atoms with Crippen LogP contribution in [0.5, 0.6) is 0 Å². The van der Waals surface area contributed by atoms with Crippen LogP contribution in [0.4, 0.5) is 0 Å². The SMILES string of the molecule is CCCCCCC/C=C\CCCCCCCC(=O)OCCCCC/C=C\C=C/CCCCCCCCCCCCC(=O)NC(CO)C(O)CCCCCCCCCCCCCCCCCCCCCCCC. The lowest BCUT2D eigenvalue weighted by Gasteiger charge is -2.22. The quantitative estimate of drug-likeness (QED) is 0.0244. The van der Waals surface area contributed by atoms with Gasteiger partial charge in [-0.05, 0) is 83.5 Å². The number of amides is 1. The fourth-order valence-corrected chi connectivity index (χ4v) is 9.98. The molecular formula is C66H125NO5. The number of carbonyl (C=O) groups is 2. The van der Waals surface area contributed by atoms with E-state index in [2.05, 4.69) is 55.6 Å². The monoisotopic (exact) mass is 1010 g/mol. The largest absolute Gasteiger partial charge is 0.466 e. The molecule has 0 aliphatic carbocycles. The van der Waals surface area contributed by atoms with Crippen LogP contribution in [0.15, 0.2) is 36.5 Å². The molecule has 2 atom stereocenters. The van der Waals surface area contributed by atoms with Gasteiger partial charge in [0, 0.05) is 12.8 Å². The van der Waals surface area contributed by atoms with Crippen LogP contribution >= 0.6 is 0 Å². The van der Waals surface area contributed by atoms with E-state index in [9.17, 15) is 19.8 Å². The van der Waals surface area contributed by atoms with Crippen LogP contribution in [0, 0.1) is 0 Å². The fourth-order valence-electron chi connectivity index (χ4n) is 9.98. The van der Waals surface area contributed by atoms with E-state index in [-0.39, 0.29) is 18.5 Å². The molecule has 6 nitrogen and oxygen atoms in total. The predicted molar refractivity (Wildman–Crippen MR) is 315 cm³/mol. The Labute approximate surface area is 449 Å². The number of hydrogen-bond donors (Lipinski definition) is 3. The van der Waals surface area contributed by atoms with Gasteiger partial charge in [-0.25, -0.2) is 0 Å². The van der Waals surface area contributed by atoms with Crippen molar-refractivity contribution in [1.82, 2.24) is 5.32 Å². The average molecular weight is 1010 g/mol. The summed E-state index contributed by atoms with van der Waals surface area (Å²) < 4.78 is 5.45. The van der Waals surface area contributed by atoms with Crippen LogP contribution in [0.3, 0.4) is 0 Å². The summed E-state index contributed by atoms with van der Waals surface area (Å²) in [5, 5.41) is 23.4. The van der Waals surface area contributed by atoms with Gasteiger partial charge in [0.15, 0.2) is 0 Å². The predicted octanol–water partition coefficient (Wildman–Crippen LogP) is 20.4. The van der Waals surface area contributed by atoms with Gasteiger partial charge < -0.3 is 20.3 Å². The summed E-state index contributed by atoms with van der Waals surface area (Å²) in [7, 11) is 0. The molecule has 1 amide bonds. The fraction of sp³-hybridized carbons (Fsp3) is 0.879. The van der Waals surface area contributed by atoms with Crippen LogP contribution < -0.4 is 5.32 Å². The molecule has 3 N–H and O–H groups in total. The van der Waals surface area contributed by atoms with Gasteiger partial charge in [0.2, 0.25) is 5.91 Å². The second-order valence-electron chi connectivity index (χ2n) is 22.1. The first kappa shape index (κ1) is 70.1. The Bertz CT molecular complexity index is 1170. The average Bonchev–Trinajstić information content (AvgIpc) is 3.38. The molecule has 0 aliphatic rings. The van der Waals surface area contributed by atoms with Crippen molar-refractivity contribution in [3.05, 3.63) is 36.5 Å². The van der Waals surface area contributed by atoms with Gasteiger partial charge in [0.1, 0.15) is 0 Å². The van der Waals surface area contributed by atoms with E-state index in [1.165, 1.54) is 244 Å². The summed E-state index contributed by atoms with van der Waals surface area (Å²) in [4.78, 5) is 24.6. The van der Waals surface area contributed by atoms with Crippen molar-refractivity contribution >= 4 is 11.9 Å². The number of ether oxygens (including phenoxy) is 1. The topological polar surface area (TPSA) is 95.9 Å². The Balaban J connectivity index is 3.47. The molecule has 72 heavy (non-hydrogen) atoms. The highest BCUT2D eigenvalue weighted by Gasteiger charge is 2.20. The molecule has 0 aromatic rings. The minimum Gasteiger partial charge on any atom is -0.466 e. The maximum absolute atomic E-state index is 12.5. The van der Waals surface area contributed by atoms with Crippen molar-refractivity contribution in [2.24, 2.45) is 0 Å². The van der Waals surface area contributed by atoms with E-state index in [4.69, 9.17) is 4.74 Å². The van der Waals surface area contributed by atoms with Crippen LogP contribution in [0.25, 0.3) is 0 Å². The minimum atomic E-state index is -0.673. The molecular weight excluding hydrogens is 887 g/mol. The molecule has 0 saturated carbocycles. The molecule has 0 radical (unpaired) electrons. The molecule has 0 saturated heterocycles. The molecule has 0 aromatic heterocycles. The molecule has 0 heterocycles. The van der Waals surface area contributed by atoms with Gasteiger partial charge in [0.25, 0.3) is 0 Å². The second-order valence-corrected chi connectivity index (χ2v) is 22.1. The number of unbranched alkanes of at least 4 members (excludes halogenated alkanes) is 44. The smallest absolute Gasteiger partial charge is 0.305 e. The molecule has 0 bridgehead atoms. The molecule has 2 unspecified atom stereocenters. The highest BCUT2D eigenvalue weighted by atomic mass is 16.5. The number of esters is 1. The molecule has 0 spiro atoms. The Morgan fingerprint density at radius 2 is 0.694 bits per heavy atom. The zero-order chi connectivity index (χ0) is 52.2. The number of carbonyl (C=O) groups excluding carboxylic acids is 2. The normalized spacial score (nSPS) is 12.8. The Hall–Kier alpha value is -1.92. The van der Waals surface area contributed by atoms with Gasteiger partial charge in [-0.15, -0.1) is 0 Å². The standard InChI is InChI=1S/C66H125NO5/c1-3-5-7-9-11-13-15-17-19-20-21-22-23-25-28-31-34-38-42-46-50-54-58-64(69)63(62-68)67-65(70)59-55-51-47-43-39-35-32-29-26-24-27-30-33-37-41-45-49-53-57-61-72-66(71)60-56-52-48-44-40-36-18-16-14-12-10-8-6-4-2/h16,18,30,33,37,41,63-64,68-69H,3-15,17,19-29,31-32,34-36,38-40,42-62H2,1-2H3,(H,67,70)/b18-16-,33-30-,41-37-. The first-order valence-corrected chi connectivity index (χ1v) is 32.3. The van der Waals surface area contributed by atoms with Crippen molar-refractivity contribution in [2.45, 2.75) is 360 Å². The molecule has 0 aromatic carbocycles. The van der Waals surface area contributed by atoms with E-state index in [0.29, 0.717) is 25.9 Å². The number of aliphatic hydroxyl groups excluding tert-OH is 2. The van der Waals surface area contributed by atoms with E-state index in [0.717, 1.165) is 70.6 Å². The maximum atomic E-state index is 12.5. The third-order valence-electron chi connectivity index (χ3n) is 14.9. The third kappa shape index (κ3) is 57.4. The molecule has 0 rings (SSSR count). The Morgan fingerprint density at radius 3 is 1.07 bits per heavy atom. The van der Waals surface area contributed by atoms with Crippen LogP contribution in [-0.2, 0) is 14.3 Å². The first-order valence-electron chi connectivity index (χ1n) is 32.3. The Kier molecular flexibility index (Phi) is 60.0. The number of aliphatic hydroxyl groups is 2. The van der Waals surface area contributed by atoms with Crippen LogP contribution in [0.2, 0.25) is 0 Å². The van der Waals surface area contributed by atoms with Crippen molar-refractivity contribution in [3.63, 3.8) is 0 Å². The third-order valence-corrected chi connectivity index (χ3v) is 14.9. The zero-order valence-corrected chi connectivity index (χ0v) is 48.4. The van der Waals surface area contributed by atoms with E-state index < -0.39 is 12.1 Å². The van der Waals surface area contributed by atoms with Gasteiger partial charge in [-0.3, -0.25) is 9.59 Å². The van der Waals surface area contributed by atoms with Crippen LogP contribution in [-0.4, -0.2) is 47.4 Å². The summed E-state index contributed by atoms with van der Waals surface area (Å²) in [6.45, 7) is 4.92. The summed E-state index contributed by atoms with van der Waals surface area (Å²) >= 11 is 0. The lowest BCUT2D eigenvalue weighted by atomic mass is 10.0.